The van der Waals surface area contributed by atoms with Crippen LogP contribution in [0.15, 0.2) is 18.2 Å². The first-order valence-electron chi connectivity index (χ1n) is 4.75. The van der Waals surface area contributed by atoms with E-state index in [-0.39, 0.29) is 11.2 Å². The number of benzene rings is 1. The molecule has 0 aliphatic rings. The van der Waals surface area contributed by atoms with Crippen molar-refractivity contribution in [1.29, 1.82) is 0 Å². The molecule has 0 bridgehead atoms. The van der Waals surface area contributed by atoms with Gasteiger partial charge in [0.2, 0.25) is 0 Å². The minimum atomic E-state index is -0.0929. The lowest BCUT2D eigenvalue weighted by atomic mass is 9.87. The second-order valence-electron chi connectivity index (χ2n) is 4.57. The van der Waals surface area contributed by atoms with Gasteiger partial charge in [-0.2, -0.15) is 0 Å². The van der Waals surface area contributed by atoms with E-state index in [1.807, 2.05) is 13.0 Å². The van der Waals surface area contributed by atoms with E-state index in [0.29, 0.717) is 0 Å². The van der Waals surface area contributed by atoms with Gasteiger partial charge in [-0.3, -0.25) is 0 Å². The van der Waals surface area contributed by atoms with Crippen LogP contribution >= 0.6 is 15.9 Å². The highest BCUT2D eigenvalue weighted by Crippen LogP contribution is 2.25. The molecule has 0 nitrogen and oxygen atoms in total. The molecular formula is C12H16BrF. The molecule has 1 aromatic carbocycles. The maximum absolute atomic E-state index is 13.4. The summed E-state index contributed by atoms with van der Waals surface area (Å²) in [5.74, 6) is -0.0929. The summed E-state index contributed by atoms with van der Waals surface area (Å²) in [5.41, 5.74) is 2.04. The van der Waals surface area contributed by atoms with E-state index in [9.17, 15) is 4.39 Å². The lowest BCUT2D eigenvalue weighted by Gasteiger charge is -2.22. The fraction of sp³-hybridized carbons (Fsp3) is 0.500. The predicted molar refractivity (Wildman–Crippen MR) is 62.4 cm³/mol. The molecule has 0 spiro atoms. The zero-order valence-corrected chi connectivity index (χ0v) is 10.5. The van der Waals surface area contributed by atoms with E-state index in [1.165, 1.54) is 0 Å². The zero-order valence-electron chi connectivity index (χ0n) is 8.90. The summed E-state index contributed by atoms with van der Waals surface area (Å²) in [6.07, 6.45) is 0.770. The summed E-state index contributed by atoms with van der Waals surface area (Å²) in [7, 11) is 0. The molecule has 0 unspecified atom stereocenters. The Labute approximate surface area is 93.7 Å². The van der Waals surface area contributed by atoms with Gasteiger partial charge in [-0.25, -0.2) is 4.39 Å². The van der Waals surface area contributed by atoms with Gasteiger partial charge < -0.3 is 0 Å². The fourth-order valence-corrected chi connectivity index (χ4v) is 1.60. The van der Waals surface area contributed by atoms with Crippen molar-refractivity contribution < 1.29 is 4.39 Å². The molecule has 0 saturated heterocycles. The average Bonchev–Trinajstić information content (AvgIpc) is 2.11. The van der Waals surface area contributed by atoms with Gasteiger partial charge in [-0.05, 0) is 30.4 Å². The van der Waals surface area contributed by atoms with E-state index in [1.54, 1.807) is 12.1 Å². The molecule has 0 atom stereocenters. The average molecular weight is 259 g/mol. The molecule has 1 aromatic rings. The summed E-state index contributed by atoms with van der Waals surface area (Å²) >= 11 is 3.45. The lowest BCUT2D eigenvalue weighted by Crippen LogP contribution is -2.17. The number of rotatable bonds is 3. The normalized spacial score (nSPS) is 11.8. The molecule has 0 amide bonds. The van der Waals surface area contributed by atoms with Crippen LogP contribution in [0.4, 0.5) is 4.39 Å². The van der Waals surface area contributed by atoms with E-state index < -0.39 is 0 Å². The maximum atomic E-state index is 13.4. The quantitative estimate of drug-likeness (QED) is 0.717. The van der Waals surface area contributed by atoms with E-state index >= 15 is 0 Å². The van der Waals surface area contributed by atoms with Crippen LogP contribution in [0, 0.1) is 18.2 Å². The summed E-state index contributed by atoms with van der Waals surface area (Å²) in [5, 5.41) is 0.882. The van der Waals surface area contributed by atoms with Crippen molar-refractivity contribution in [3.8, 4) is 0 Å². The van der Waals surface area contributed by atoms with Gasteiger partial charge in [0.1, 0.15) is 5.82 Å². The Bertz CT molecular complexity index is 318. The Morgan fingerprint density at radius 1 is 1.36 bits per heavy atom. The molecule has 0 N–H and O–H groups in total. The van der Waals surface area contributed by atoms with Crippen LogP contribution in [0.25, 0.3) is 0 Å². The second-order valence-corrected chi connectivity index (χ2v) is 5.13. The van der Waals surface area contributed by atoms with Crippen LogP contribution in [0.2, 0.25) is 0 Å². The minimum absolute atomic E-state index is 0.0929. The van der Waals surface area contributed by atoms with Crippen molar-refractivity contribution >= 4 is 15.9 Å². The van der Waals surface area contributed by atoms with Gasteiger partial charge in [0.15, 0.2) is 0 Å². The smallest absolute Gasteiger partial charge is 0.126 e. The number of hydrogen-bond acceptors (Lipinski definition) is 0. The van der Waals surface area contributed by atoms with Crippen molar-refractivity contribution in [2.75, 3.05) is 5.33 Å². The number of hydrogen-bond donors (Lipinski definition) is 0. The molecule has 0 aromatic heterocycles. The Balaban J connectivity index is 2.91. The molecule has 78 valence electrons. The van der Waals surface area contributed by atoms with Gasteiger partial charge in [0.25, 0.3) is 0 Å². The largest absolute Gasteiger partial charge is 0.207 e. The molecule has 0 aliphatic carbocycles. The third-order valence-electron chi connectivity index (χ3n) is 2.23. The van der Waals surface area contributed by atoms with Crippen molar-refractivity contribution in [3.05, 3.63) is 35.1 Å². The van der Waals surface area contributed by atoms with Crippen molar-refractivity contribution in [2.24, 2.45) is 5.41 Å². The van der Waals surface area contributed by atoms with E-state index in [4.69, 9.17) is 0 Å². The van der Waals surface area contributed by atoms with Crippen LogP contribution in [0.1, 0.15) is 25.0 Å². The fourth-order valence-electron chi connectivity index (χ4n) is 1.40. The lowest BCUT2D eigenvalue weighted by molar-refractivity contribution is 0.414. The van der Waals surface area contributed by atoms with Crippen molar-refractivity contribution in [3.63, 3.8) is 0 Å². The summed E-state index contributed by atoms with van der Waals surface area (Å²) in [6, 6.07) is 5.29. The van der Waals surface area contributed by atoms with Crippen LogP contribution < -0.4 is 0 Å². The first kappa shape index (κ1) is 11.7. The Morgan fingerprint density at radius 2 is 2.00 bits per heavy atom. The third kappa shape index (κ3) is 3.09. The molecule has 2 heteroatoms. The monoisotopic (exact) mass is 258 g/mol. The van der Waals surface area contributed by atoms with Gasteiger partial charge in [0.05, 0.1) is 0 Å². The highest BCUT2D eigenvalue weighted by atomic mass is 79.9. The molecule has 0 saturated carbocycles. The molecule has 1 rings (SSSR count). The molecule has 14 heavy (non-hydrogen) atoms. The summed E-state index contributed by atoms with van der Waals surface area (Å²) in [4.78, 5) is 0. The molecular weight excluding hydrogens is 243 g/mol. The van der Waals surface area contributed by atoms with Crippen LogP contribution in [0.5, 0.6) is 0 Å². The summed E-state index contributed by atoms with van der Waals surface area (Å²) < 4.78 is 13.4. The Morgan fingerprint density at radius 3 is 2.57 bits per heavy atom. The van der Waals surface area contributed by atoms with E-state index in [0.717, 1.165) is 22.9 Å². The van der Waals surface area contributed by atoms with Gasteiger partial charge in [0, 0.05) is 5.33 Å². The highest BCUT2D eigenvalue weighted by Gasteiger charge is 2.18. The predicted octanol–water partition coefficient (Wildman–Crippen LogP) is 4.10. The number of alkyl halides is 1. The van der Waals surface area contributed by atoms with Crippen LogP contribution in [-0.4, -0.2) is 5.33 Å². The SMILES string of the molecule is Cc1ccc(F)c(CC(C)(C)CBr)c1. The van der Waals surface area contributed by atoms with Gasteiger partial charge >= 0.3 is 0 Å². The number of halogens is 2. The molecule has 0 radical (unpaired) electrons. The molecule has 0 heterocycles. The first-order chi connectivity index (χ1) is 6.44. The van der Waals surface area contributed by atoms with Crippen molar-refractivity contribution in [1.82, 2.24) is 0 Å². The van der Waals surface area contributed by atoms with Gasteiger partial charge in [-0.1, -0.05) is 47.5 Å². The third-order valence-corrected chi connectivity index (χ3v) is 3.75. The van der Waals surface area contributed by atoms with E-state index in [2.05, 4.69) is 29.8 Å². The Hall–Kier alpha value is -0.370. The first-order valence-corrected chi connectivity index (χ1v) is 5.88. The van der Waals surface area contributed by atoms with Gasteiger partial charge in [-0.15, -0.1) is 0 Å². The zero-order chi connectivity index (χ0) is 10.8. The molecule has 0 aliphatic heterocycles. The topological polar surface area (TPSA) is 0 Å². The van der Waals surface area contributed by atoms with Crippen LogP contribution in [-0.2, 0) is 6.42 Å². The second kappa shape index (κ2) is 4.43. The highest BCUT2D eigenvalue weighted by molar-refractivity contribution is 9.09. The van der Waals surface area contributed by atoms with Crippen molar-refractivity contribution in [2.45, 2.75) is 27.2 Å². The minimum Gasteiger partial charge on any atom is -0.207 e. The Kier molecular flexibility index (Phi) is 3.71. The maximum Gasteiger partial charge on any atom is 0.126 e. The molecule has 0 fully saturated rings. The number of aryl methyl sites for hydroxylation is 1. The van der Waals surface area contributed by atoms with Crippen LogP contribution in [0.3, 0.4) is 0 Å². The summed E-state index contributed by atoms with van der Waals surface area (Å²) in [6.45, 7) is 6.25. The standard InChI is InChI=1S/C12H16BrF/c1-9-4-5-11(14)10(6-9)7-12(2,3)8-13/h4-6H,7-8H2,1-3H3.